The summed E-state index contributed by atoms with van der Waals surface area (Å²) in [6, 6.07) is 15.0. The van der Waals surface area contributed by atoms with Gasteiger partial charge in [-0.2, -0.15) is 0 Å². The van der Waals surface area contributed by atoms with Crippen molar-refractivity contribution in [2.24, 2.45) is 5.92 Å². The van der Waals surface area contributed by atoms with Crippen molar-refractivity contribution in [1.82, 2.24) is 0 Å². The van der Waals surface area contributed by atoms with Gasteiger partial charge in [0, 0.05) is 16.5 Å². The van der Waals surface area contributed by atoms with Gasteiger partial charge < -0.3 is 19.5 Å². The summed E-state index contributed by atoms with van der Waals surface area (Å²) >= 11 is 16.6. The molecule has 186 valence electrons. The van der Waals surface area contributed by atoms with E-state index in [9.17, 15) is 4.79 Å². The summed E-state index contributed by atoms with van der Waals surface area (Å²) in [4.78, 5) is 12.5. The molecule has 1 N–H and O–H groups in total. The van der Waals surface area contributed by atoms with Crippen molar-refractivity contribution in [3.8, 4) is 11.5 Å². The van der Waals surface area contributed by atoms with E-state index in [1.165, 1.54) is 7.11 Å². The van der Waals surface area contributed by atoms with Gasteiger partial charge in [0.1, 0.15) is 6.61 Å². The van der Waals surface area contributed by atoms with E-state index in [2.05, 4.69) is 33.4 Å². The van der Waals surface area contributed by atoms with E-state index in [0.29, 0.717) is 33.7 Å². The number of rotatable bonds is 6. The van der Waals surface area contributed by atoms with Gasteiger partial charge in [-0.15, -0.1) is 0 Å². The van der Waals surface area contributed by atoms with Crippen molar-refractivity contribution < 1.29 is 19.0 Å². The SMILES string of the molecule is COC(=O)c1ccc(Cl)c2c1[C@@H]1C=CC[C@H]1[C@H](c1cc(Br)c(OCc3ccccc3Cl)c(OC)c1)N2. The highest BCUT2D eigenvalue weighted by Gasteiger charge is 2.41. The number of anilines is 1. The van der Waals surface area contributed by atoms with Crippen LogP contribution >= 0.6 is 39.1 Å². The number of carbonyl (C=O) groups is 1. The number of ether oxygens (including phenoxy) is 3. The Balaban J connectivity index is 1.51. The first-order valence-electron chi connectivity index (χ1n) is 11.5. The highest BCUT2D eigenvalue weighted by molar-refractivity contribution is 9.10. The van der Waals surface area contributed by atoms with Crippen molar-refractivity contribution in [2.75, 3.05) is 19.5 Å². The molecule has 0 bridgehead atoms. The molecule has 1 aliphatic carbocycles. The highest BCUT2D eigenvalue weighted by atomic mass is 79.9. The second-order valence-corrected chi connectivity index (χ2v) is 10.4. The van der Waals surface area contributed by atoms with Gasteiger partial charge in [0.25, 0.3) is 0 Å². The minimum atomic E-state index is -0.369. The number of hydrogen-bond donors (Lipinski definition) is 1. The minimum absolute atomic E-state index is 0.0277. The van der Waals surface area contributed by atoms with Gasteiger partial charge in [0.15, 0.2) is 11.5 Å². The molecule has 0 amide bonds. The lowest BCUT2D eigenvalue weighted by Crippen LogP contribution is -2.31. The second-order valence-electron chi connectivity index (χ2n) is 8.76. The molecule has 0 unspecified atom stereocenters. The fourth-order valence-corrected chi connectivity index (χ4v) is 6.10. The van der Waals surface area contributed by atoms with Gasteiger partial charge in [-0.1, -0.05) is 53.6 Å². The standard InChI is InChI=1S/C28H24BrCl2NO4/c1-34-23-13-16(12-20(29)27(23)36-14-15-6-3-4-9-21(15)30)25-18-8-5-7-17(18)24-19(28(33)35-2)10-11-22(31)26(24)32-25/h3-7,9-13,17-18,25,32H,8,14H2,1-2H3/t17-,18-,25+/m1/s1. The molecule has 0 fully saturated rings. The van der Waals surface area contributed by atoms with Crippen LogP contribution in [-0.4, -0.2) is 20.2 Å². The molecular formula is C28H24BrCl2NO4. The summed E-state index contributed by atoms with van der Waals surface area (Å²) < 4.78 is 17.7. The predicted molar refractivity (Wildman–Crippen MR) is 146 cm³/mol. The van der Waals surface area contributed by atoms with Gasteiger partial charge >= 0.3 is 5.97 Å². The second kappa shape index (κ2) is 10.4. The Morgan fingerprint density at radius 2 is 1.92 bits per heavy atom. The lowest BCUT2D eigenvalue weighted by molar-refractivity contribution is 0.0598. The number of nitrogens with one attached hydrogen (secondary N) is 1. The van der Waals surface area contributed by atoms with Crippen molar-refractivity contribution >= 4 is 50.8 Å². The third-order valence-corrected chi connectivity index (χ3v) is 8.09. The maximum absolute atomic E-state index is 12.5. The summed E-state index contributed by atoms with van der Waals surface area (Å²) in [5.74, 6) is 1.05. The van der Waals surface area contributed by atoms with Gasteiger partial charge in [0.2, 0.25) is 0 Å². The predicted octanol–water partition coefficient (Wildman–Crippen LogP) is 7.96. The summed E-state index contributed by atoms with van der Waals surface area (Å²) in [5, 5.41) is 4.83. The molecule has 2 aliphatic rings. The fourth-order valence-electron chi connectivity index (χ4n) is 5.12. The zero-order valence-corrected chi connectivity index (χ0v) is 22.8. The zero-order chi connectivity index (χ0) is 25.4. The first kappa shape index (κ1) is 25.0. The normalized spacial score (nSPS) is 19.8. The lowest BCUT2D eigenvalue weighted by Gasteiger charge is -2.39. The smallest absolute Gasteiger partial charge is 0.338 e. The molecule has 5 rings (SSSR count). The maximum atomic E-state index is 12.5. The number of allylic oxidation sites excluding steroid dienone is 2. The van der Waals surface area contributed by atoms with Gasteiger partial charge in [-0.05, 0) is 69.7 Å². The third-order valence-electron chi connectivity index (χ3n) is 6.81. The van der Waals surface area contributed by atoms with Crippen LogP contribution in [-0.2, 0) is 11.3 Å². The van der Waals surface area contributed by atoms with Gasteiger partial charge in [-0.3, -0.25) is 0 Å². The zero-order valence-electron chi connectivity index (χ0n) is 19.7. The van der Waals surface area contributed by atoms with Crippen molar-refractivity contribution in [1.29, 1.82) is 0 Å². The molecule has 36 heavy (non-hydrogen) atoms. The van der Waals surface area contributed by atoms with E-state index in [-0.39, 0.29) is 23.8 Å². The van der Waals surface area contributed by atoms with E-state index < -0.39 is 0 Å². The Morgan fingerprint density at radius 1 is 1.11 bits per heavy atom. The fraction of sp³-hybridized carbons (Fsp3) is 0.250. The topological polar surface area (TPSA) is 56.8 Å². The van der Waals surface area contributed by atoms with Crippen LogP contribution in [0.5, 0.6) is 11.5 Å². The largest absolute Gasteiger partial charge is 0.493 e. The van der Waals surface area contributed by atoms with E-state index in [1.807, 2.05) is 36.4 Å². The average molecular weight is 589 g/mol. The molecule has 5 nitrogen and oxygen atoms in total. The molecule has 0 aromatic heterocycles. The summed E-state index contributed by atoms with van der Waals surface area (Å²) in [6.07, 6.45) is 5.18. The van der Waals surface area contributed by atoms with Crippen LogP contribution in [0.25, 0.3) is 0 Å². The number of halogens is 3. The highest BCUT2D eigenvalue weighted by Crippen LogP contribution is 2.54. The number of carbonyl (C=O) groups excluding carboxylic acids is 1. The van der Waals surface area contributed by atoms with Crippen molar-refractivity contribution in [3.63, 3.8) is 0 Å². The Kier molecular flexibility index (Phi) is 7.20. The van der Waals surface area contributed by atoms with Crippen LogP contribution < -0.4 is 14.8 Å². The third kappa shape index (κ3) is 4.47. The van der Waals surface area contributed by atoms with Crippen molar-refractivity contribution in [3.05, 3.63) is 97.5 Å². The van der Waals surface area contributed by atoms with E-state index in [4.69, 9.17) is 37.4 Å². The van der Waals surface area contributed by atoms with Crippen molar-refractivity contribution in [2.45, 2.75) is 25.0 Å². The quantitative estimate of drug-likeness (QED) is 0.234. The van der Waals surface area contributed by atoms with Gasteiger partial charge in [-0.25, -0.2) is 4.79 Å². The summed E-state index contributed by atoms with van der Waals surface area (Å²) in [6.45, 7) is 0.309. The van der Waals surface area contributed by atoms with E-state index >= 15 is 0 Å². The minimum Gasteiger partial charge on any atom is -0.493 e. The van der Waals surface area contributed by atoms with Crippen LogP contribution in [0.2, 0.25) is 10.0 Å². The Morgan fingerprint density at radius 3 is 2.67 bits per heavy atom. The molecule has 0 saturated carbocycles. The van der Waals surface area contributed by atoms with Gasteiger partial charge in [0.05, 0.1) is 41.0 Å². The maximum Gasteiger partial charge on any atom is 0.338 e. The van der Waals surface area contributed by atoms with E-state index in [1.54, 1.807) is 19.2 Å². The van der Waals surface area contributed by atoms with E-state index in [0.717, 1.165) is 33.3 Å². The lowest BCUT2D eigenvalue weighted by atomic mass is 9.75. The Bertz CT molecular complexity index is 1360. The first-order chi connectivity index (χ1) is 17.4. The molecule has 3 aromatic rings. The first-order valence-corrected chi connectivity index (χ1v) is 13.0. The molecular weight excluding hydrogens is 565 g/mol. The van der Waals surface area contributed by atoms with Crippen LogP contribution in [0.1, 0.15) is 45.4 Å². The Hall–Kier alpha value is -2.67. The number of fused-ring (bicyclic) bond motifs is 3. The molecule has 3 atom stereocenters. The molecule has 8 heteroatoms. The Labute approximate surface area is 228 Å². The number of hydrogen-bond acceptors (Lipinski definition) is 5. The number of methoxy groups -OCH3 is 2. The number of esters is 1. The van der Waals surface area contributed by atoms with Crippen LogP contribution in [0, 0.1) is 5.92 Å². The molecule has 3 aromatic carbocycles. The summed E-state index contributed by atoms with van der Waals surface area (Å²) in [7, 11) is 3.01. The molecule has 0 saturated heterocycles. The molecule has 0 radical (unpaired) electrons. The molecule has 0 spiro atoms. The monoisotopic (exact) mass is 587 g/mol. The average Bonchev–Trinajstić information content (AvgIpc) is 3.38. The number of benzene rings is 3. The van der Waals surface area contributed by atoms with Crippen LogP contribution in [0.4, 0.5) is 5.69 Å². The molecule has 1 aliphatic heterocycles. The van der Waals surface area contributed by atoms with Crippen LogP contribution in [0.15, 0.2) is 65.2 Å². The summed E-state index contributed by atoms with van der Waals surface area (Å²) in [5.41, 5.74) is 4.08. The molecule has 1 heterocycles. The van der Waals surface area contributed by atoms with Crippen LogP contribution in [0.3, 0.4) is 0 Å².